The van der Waals surface area contributed by atoms with E-state index in [1.807, 2.05) is 26.8 Å². The Kier molecular flexibility index (Phi) is 5.64. The molecule has 0 saturated heterocycles. The van der Waals surface area contributed by atoms with E-state index in [-0.39, 0.29) is 12.6 Å². The Hall–Kier alpha value is -0.780. The summed E-state index contributed by atoms with van der Waals surface area (Å²) in [6.45, 7) is 5.69. The third kappa shape index (κ3) is 5.38. The van der Waals surface area contributed by atoms with Gasteiger partial charge in [0.25, 0.3) is 0 Å². The molecule has 19 heavy (non-hydrogen) atoms. The molecule has 1 amide bonds. The molecule has 1 aromatic rings. The highest BCUT2D eigenvalue weighted by atomic mass is 79.9. The van der Waals surface area contributed by atoms with Gasteiger partial charge in [-0.25, -0.2) is 4.79 Å². The molecule has 4 nitrogen and oxygen atoms in total. The van der Waals surface area contributed by atoms with Crippen LogP contribution in [0.4, 0.5) is 4.79 Å². The van der Waals surface area contributed by atoms with Crippen molar-refractivity contribution in [3.8, 4) is 0 Å². The molecular formula is C13H18BrClN2O2. The van der Waals surface area contributed by atoms with Crippen molar-refractivity contribution in [3.63, 3.8) is 0 Å². The fraction of sp³-hybridized carbons (Fsp3) is 0.462. The van der Waals surface area contributed by atoms with E-state index in [0.717, 1.165) is 10.0 Å². The number of hydrogen-bond acceptors (Lipinski definition) is 3. The first kappa shape index (κ1) is 16.3. The van der Waals surface area contributed by atoms with Crippen molar-refractivity contribution in [2.24, 2.45) is 5.73 Å². The summed E-state index contributed by atoms with van der Waals surface area (Å²) in [5.74, 6) is 0. The highest BCUT2D eigenvalue weighted by molar-refractivity contribution is 9.10. The highest BCUT2D eigenvalue weighted by Gasteiger charge is 2.21. The van der Waals surface area contributed by atoms with Gasteiger partial charge in [-0.2, -0.15) is 0 Å². The lowest BCUT2D eigenvalue weighted by Crippen LogP contribution is -2.37. The van der Waals surface area contributed by atoms with Crippen LogP contribution in [0.3, 0.4) is 0 Å². The zero-order valence-electron chi connectivity index (χ0n) is 11.2. The summed E-state index contributed by atoms with van der Waals surface area (Å²) in [6.07, 6.45) is -0.496. The quantitative estimate of drug-likeness (QED) is 0.876. The monoisotopic (exact) mass is 348 g/mol. The predicted molar refractivity (Wildman–Crippen MR) is 80.3 cm³/mol. The number of ether oxygens (including phenoxy) is 1. The second-order valence-corrected chi connectivity index (χ2v) is 6.39. The minimum Gasteiger partial charge on any atom is -0.444 e. The highest BCUT2D eigenvalue weighted by Crippen LogP contribution is 2.26. The Morgan fingerprint density at radius 3 is 2.63 bits per heavy atom. The number of nitrogens with one attached hydrogen (secondary N) is 1. The van der Waals surface area contributed by atoms with Gasteiger partial charge in [0.05, 0.1) is 6.04 Å². The molecule has 0 aromatic heterocycles. The van der Waals surface area contributed by atoms with E-state index in [4.69, 9.17) is 22.1 Å². The van der Waals surface area contributed by atoms with Crippen molar-refractivity contribution in [2.45, 2.75) is 32.4 Å². The molecule has 0 saturated carbocycles. The van der Waals surface area contributed by atoms with Crippen LogP contribution in [0, 0.1) is 0 Å². The van der Waals surface area contributed by atoms with Gasteiger partial charge in [0.1, 0.15) is 5.60 Å². The molecule has 1 atom stereocenters. The summed E-state index contributed by atoms with van der Waals surface area (Å²) >= 11 is 9.29. The first-order valence-corrected chi connectivity index (χ1v) is 7.04. The van der Waals surface area contributed by atoms with Gasteiger partial charge in [-0.05, 0) is 38.5 Å². The summed E-state index contributed by atoms with van der Waals surface area (Å²) in [7, 11) is 0. The number of rotatable bonds is 3. The van der Waals surface area contributed by atoms with Crippen molar-refractivity contribution in [3.05, 3.63) is 33.3 Å². The van der Waals surface area contributed by atoms with E-state index < -0.39 is 11.7 Å². The van der Waals surface area contributed by atoms with Crippen LogP contribution in [0.5, 0.6) is 0 Å². The van der Waals surface area contributed by atoms with Crippen molar-refractivity contribution in [1.82, 2.24) is 5.32 Å². The van der Waals surface area contributed by atoms with Crippen LogP contribution in [0.1, 0.15) is 32.4 Å². The lowest BCUT2D eigenvalue weighted by Gasteiger charge is -2.23. The van der Waals surface area contributed by atoms with E-state index in [0.29, 0.717) is 5.02 Å². The van der Waals surface area contributed by atoms with Crippen LogP contribution in [0.25, 0.3) is 0 Å². The second-order valence-electron chi connectivity index (χ2n) is 5.10. The molecule has 3 N–H and O–H groups in total. The van der Waals surface area contributed by atoms with Gasteiger partial charge in [-0.3, -0.25) is 0 Å². The summed E-state index contributed by atoms with van der Waals surface area (Å²) in [4.78, 5) is 11.7. The minimum atomic E-state index is -0.541. The predicted octanol–water partition coefficient (Wildman–Crippen LogP) is 3.63. The Bertz CT molecular complexity index is 460. The van der Waals surface area contributed by atoms with E-state index >= 15 is 0 Å². The number of amides is 1. The molecule has 1 aromatic carbocycles. The Balaban J connectivity index is 2.81. The summed E-state index contributed by atoms with van der Waals surface area (Å²) in [6, 6.07) is 5.00. The Labute approximate surface area is 126 Å². The van der Waals surface area contributed by atoms with Crippen molar-refractivity contribution in [2.75, 3.05) is 6.54 Å². The molecule has 106 valence electrons. The maximum absolute atomic E-state index is 11.7. The molecule has 0 heterocycles. The lowest BCUT2D eigenvalue weighted by atomic mass is 10.1. The number of carbonyl (C=O) groups is 1. The van der Waals surface area contributed by atoms with Crippen LogP contribution in [0.2, 0.25) is 5.02 Å². The van der Waals surface area contributed by atoms with Crippen LogP contribution >= 0.6 is 27.5 Å². The number of alkyl carbamates (subject to hydrolysis) is 1. The zero-order valence-corrected chi connectivity index (χ0v) is 13.5. The molecule has 6 heteroatoms. The van der Waals surface area contributed by atoms with Gasteiger partial charge < -0.3 is 15.8 Å². The molecule has 0 aliphatic heterocycles. The van der Waals surface area contributed by atoms with Gasteiger partial charge in [0, 0.05) is 16.0 Å². The molecule has 1 rings (SSSR count). The van der Waals surface area contributed by atoms with Crippen LogP contribution in [-0.4, -0.2) is 18.2 Å². The van der Waals surface area contributed by atoms with Crippen molar-refractivity contribution in [1.29, 1.82) is 0 Å². The van der Waals surface area contributed by atoms with E-state index in [1.54, 1.807) is 12.1 Å². The number of hydrogen-bond donors (Lipinski definition) is 2. The molecule has 0 spiro atoms. The molecule has 0 aliphatic rings. The van der Waals surface area contributed by atoms with Gasteiger partial charge >= 0.3 is 6.09 Å². The smallest absolute Gasteiger partial charge is 0.408 e. The van der Waals surface area contributed by atoms with Crippen LogP contribution < -0.4 is 11.1 Å². The normalized spacial score (nSPS) is 12.9. The van der Waals surface area contributed by atoms with Gasteiger partial charge in [-0.15, -0.1) is 0 Å². The zero-order chi connectivity index (χ0) is 14.6. The van der Waals surface area contributed by atoms with Gasteiger partial charge in [-0.1, -0.05) is 33.6 Å². The van der Waals surface area contributed by atoms with Crippen LogP contribution in [-0.2, 0) is 4.74 Å². The lowest BCUT2D eigenvalue weighted by molar-refractivity contribution is 0.0505. The topological polar surface area (TPSA) is 64.3 Å². The van der Waals surface area contributed by atoms with Gasteiger partial charge in [0.2, 0.25) is 0 Å². The molecule has 0 bridgehead atoms. The fourth-order valence-electron chi connectivity index (χ4n) is 1.50. The molecule has 0 fully saturated rings. The van der Waals surface area contributed by atoms with E-state index in [1.165, 1.54) is 0 Å². The molecule has 0 radical (unpaired) electrons. The summed E-state index contributed by atoms with van der Waals surface area (Å²) in [5.41, 5.74) is 6.02. The SMILES string of the molecule is CC(C)(C)OC(=O)NC(CN)c1ccc(Cl)cc1Br. The number of halogens is 2. The number of carbonyl (C=O) groups excluding carboxylic acids is 1. The summed E-state index contributed by atoms with van der Waals surface area (Å²) in [5, 5.41) is 3.36. The molecule has 1 unspecified atom stereocenters. The third-order valence-corrected chi connectivity index (χ3v) is 3.19. The van der Waals surface area contributed by atoms with E-state index in [2.05, 4.69) is 21.2 Å². The number of nitrogens with two attached hydrogens (primary N) is 1. The van der Waals surface area contributed by atoms with Crippen molar-refractivity contribution >= 4 is 33.6 Å². The first-order valence-electron chi connectivity index (χ1n) is 5.87. The summed E-state index contributed by atoms with van der Waals surface area (Å²) < 4.78 is 6.01. The second kappa shape index (κ2) is 6.59. The van der Waals surface area contributed by atoms with Crippen LogP contribution in [0.15, 0.2) is 22.7 Å². The molecule has 0 aliphatic carbocycles. The van der Waals surface area contributed by atoms with Crippen molar-refractivity contribution < 1.29 is 9.53 Å². The minimum absolute atomic E-state index is 0.263. The standard InChI is InChI=1S/C13H18BrClN2O2/c1-13(2,3)19-12(18)17-11(7-16)9-5-4-8(15)6-10(9)14/h4-6,11H,7,16H2,1-3H3,(H,17,18). The Morgan fingerprint density at radius 1 is 1.53 bits per heavy atom. The number of benzene rings is 1. The molecular weight excluding hydrogens is 332 g/mol. The largest absolute Gasteiger partial charge is 0.444 e. The first-order chi connectivity index (χ1) is 8.73. The average Bonchev–Trinajstić information content (AvgIpc) is 2.24. The maximum Gasteiger partial charge on any atom is 0.408 e. The third-order valence-electron chi connectivity index (χ3n) is 2.26. The average molecular weight is 350 g/mol. The maximum atomic E-state index is 11.7. The van der Waals surface area contributed by atoms with E-state index in [9.17, 15) is 4.79 Å². The fourth-order valence-corrected chi connectivity index (χ4v) is 2.46. The van der Waals surface area contributed by atoms with Gasteiger partial charge in [0.15, 0.2) is 0 Å². The Morgan fingerprint density at radius 2 is 2.16 bits per heavy atom.